The third-order valence-electron chi connectivity index (χ3n) is 3.80. The van der Waals surface area contributed by atoms with E-state index in [1.54, 1.807) is 6.92 Å². The minimum absolute atomic E-state index is 0.00656. The quantitative estimate of drug-likeness (QED) is 0.926. The largest absolute Gasteiger partial charge is 0.479 e. The summed E-state index contributed by atoms with van der Waals surface area (Å²) in [5.74, 6) is 1.30. The van der Waals surface area contributed by atoms with Crippen molar-refractivity contribution in [3.63, 3.8) is 0 Å². The van der Waals surface area contributed by atoms with Gasteiger partial charge in [0.25, 0.3) is 5.91 Å². The number of nitrogens with two attached hydrogens (primary N) is 1. The third-order valence-corrected chi connectivity index (χ3v) is 3.80. The molecule has 2 unspecified atom stereocenters. The summed E-state index contributed by atoms with van der Waals surface area (Å²) in [6.45, 7) is 10.1. The lowest BCUT2D eigenvalue weighted by Crippen LogP contribution is -2.47. The molecule has 4 nitrogen and oxygen atoms in total. The van der Waals surface area contributed by atoms with Gasteiger partial charge in [-0.05, 0) is 50.8 Å². The normalized spacial score (nSPS) is 19.7. The highest BCUT2D eigenvalue weighted by molar-refractivity contribution is 6.00. The number of nitrogens with zero attached hydrogens (tertiary/aromatic N) is 1. The number of hydrogen-bond acceptors (Lipinski definition) is 3. The first-order chi connectivity index (χ1) is 9.81. The predicted molar refractivity (Wildman–Crippen MR) is 85.5 cm³/mol. The Balaban J connectivity index is 2.39. The number of rotatable bonds is 4. The topological polar surface area (TPSA) is 55.6 Å². The van der Waals surface area contributed by atoms with Crippen LogP contribution in [0.15, 0.2) is 18.2 Å². The van der Waals surface area contributed by atoms with Gasteiger partial charge in [-0.15, -0.1) is 0 Å². The van der Waals surface area contributed by atoms with Gasteiger partial charge in [-0.1, -0.05) is 19.9 Å². The lowest BCUT2D eigenvalue weighted by Gasteiger charge is -2.36. The van der Waals surface area contributed by atoms with E-state index in [0.717, 1.165) is 23.4 Å². The maximum atomic E-state index is 12.4. The Morgan fingerprint density at radius 3 is 2.52 bits per heavy atom. The summed E-state index contributed by atoms with van der Waals surface area (Å²) in [6, 6.07) is 6.03. The minimum atomic E-state index is -0.435. The Hall–Kier alpha value is -1.55. The van der Waals surface area contributed by atoms with Crippen LogP contribution >= 0.6 is 0 Å². The maximum absolute atomic E-state index is 12.4. The van der Waals surface area contributed by atoms with Crippen LogP contribution < -0.4 is 15.4 Å². The molecule has 2 atom stereocenters. The van der Waals surface area contributed by atoms with Crippen molar-refractivity contribution in [1.82, 2.24) is 0 Å². The van der Waals surface area contributed by atoms with Crippen LogP contribution in [-0.4, -0.2) is 18.1 Å². The zero-order chi connectivity index (χ0) is 15.7. The molecular formula is C17H26N2O2. The summed E-state index contributed by atoms with van der Waals surface area (Å²) in [5, 5.41) is 0. The van der Waals surface area contributed by atoms with Crippen LogP contribution in [0.2, 0.25) is 0 Å². The highest BCUT2D eigenvalue weighted by Gasteiger charge is 2.33. The van der Waals surface area contributed by atoms with Crippen molar-refractivity contribution in [2.24, 2.45) is 11.7 Å². The summed E-state index contributed by atoms with van der Waals surface area (Å²) in [5.41, 5.74) is 8.16. The van der Waals surface area contributed by atoms with Gasteiger partial charge in [0, 0.05) is 12.1 Å². The number of anilines is 1. The van der Waals surface area contributed by atoms with E-state index in [-0.39, 0.29) is 18.0 Å². The predicted octanol–water partition coefficient (Wildman–Crippen LogP) is 3.25. The zero-order valence-corrected chi connectivity index (χ0v) is 13.6. The molecule has 0 aliphatic carbocycles. The molecule has 116 valence electrons. The second kappa shape index (κ2) is 6.06. The number of carbonyl (C=O) groups is 1. The van der Waals surface area contributed by atoms with Crippen molar-refractivity contribution >= 4 is 11.6 Å². The van der Waals surface area contributed by atoms with E-state index in [1.807, 2.05) is 36.9 Å². The highest BCUT2D eigenvalue weighted by Crippen LogP contribution is 2.37. The Morgan fingerprint density at radius 2 is 1.95 bits per heavy atom. The average Bonchev–Trinajstić information content (AvgIpc) is 2.38. The Morgan fingerprint density at radius 1 is 1.29 bits per heavy atom. The number of benzene rings is 1. The fourth-order valence-corrected chi connectivity index (χ4v) is 2.78. The minimum Gasteiger partial charge on any atom is -0.479 e. The van der Waals surface area contributed by atoms with Crippen molar-refractivity contribution in [1.29, 1.82) is 0 Å². The molecule has 4 heteroatoms. The summed E-state index contributed by atoms with van der Waals surface area (Å²) in [6.07, 6.45) is 0.487. The second-order valence-corrected chi connectivity index (χ2v) is 6.53. The molecule has 1 amide bonds. The first-order valence-corrected chi connectivity index (χ1v) is 7.70. The molecule has 0 radical (unpaired) electrons. The molecule has 2 rings (SSSR count). The maximum Gasteiger partial charge on any atom is 0.268 e. The van der Waals surface area contributed by atoms with Crippen LogP contribution in [0.5, 0.6) is 5.75 Å². The molecule has 1 heterocycles. The van der Waals surface area contributed by atoms with Crippen molar-refractivity contribution in [3.05, 3.63) is 23.8 Å². The van der Waals surface area contributed by atoms with Crippen molar-refractivity contribution in [3.8, 4) is 5.75 Å². The molecule has 21 heavy (non-hydrogen) atoms. The van der Waals surface area contributed by atoms with Crippen molar-refractivity contribution < 1.29 is 9.53 Å². The summed E-state index contributed by atoms with van der Waals surface area (Å²) >= 11 is 0. The van der Waals surface area contributed by atoms with E-state index in [2.05, 4.69) is 13.8 Å². The fourth-order valence-electron chi connectivity index (χ4n) is 2.78. The van der Waals surface area contributed by atoms with Gasteiger partial charge >= 0.3 is 0 Å². The SMILES string of the molecule is CC(C)CC(N)c1ccc2c(c1)N(C(C)C)C(=O)C(C)O2. The standard InChI is InChI=1S/C17H26N2O2/c1-10(2)8-14(18)13-6-7-16-15(9-13)19(11(3)4)17(20)12(5)21-16/h6-7,9-12,14H,8,18H2,1-5H3. The lowest BCUT2D eigenvalue weighted by molar-refractivity contribution is -0.125. The molecule has 1 aliphatic heterocycles. The molecule has 0 saturated carbocycles. The molecule has 0 bridgehead atoms. The van der Waals surface area contributed by atoms with Gasteiger partial charge in [-0.3, -0.25) is 4.79 Å². The molecular weight excluding hydrogens is 264 g/mol. The fraction of sp³-hybridized carbons (Fsp3) is 0.588. The molecule has 1 aromatic rings. The summed E-state index contributed by atoms with van der Waals surface area (Å²) in [7, 11) is 0. The average molecular weight is 290 g/mol. The molecule has 2 N–H and O–H groups in total. The second-order valence-electron chi connectivity index (χ2n) is 6.53. The van der Waals surface area contributed by atoms with E-state index in [1.165, 1.54) is 0 Å². The third kappa shape index (κ3) is 3.21. The number of hydrogen-bond donors (Lipinski definition) is 1. The van der Waals surface area contributed by atoms with Crippen molar-refractivity contribution in [2.75, 3.05) is 4.90 Å². The van der Waals surface area contributed by atoms with Crippen LogP contribution in [0.3, 0.4) is 0 Å². The van der Waals surface area contributed by atoms with Gasteiger partial charge in [0.05, 0.1) is 5.69 Å². The van der Waals surface area contributed by atoms with Crippen LogP contribution in [0, 0.1) is 5.92 Å². The smallest absolute Gasteiger partial charge is 0.268 e. The van der Waals surface area contributed by atoms with Crippen LogP contribution in [0.25, 0.3) is 0 Å². The number of fused-ring (bicyclic) bond motifs is 1. The lowest BCUT2D eigenvalue weighted by atomic mass is 9.96. The number of carbonyl (C=O) groups excluding carboxylic acids is 1. The monoisotopic (exact) mass is 290 g/mol. The first kappa shape index (κ1) is 15.8. The summed E-state index contributed by atoms with van der Waals surface area (Å²) in [4.78, 5) is 14.2. The van der Waals surface area contributed by atoms with Gasteiger partial charge < -0.3 is 15.4 Å². The van der Waals surface area contributed by atoms with Crippen LogP contribution in [0.1, 0.15) is 52.6 Å². The molecule has 0 aromatic heterocycles. The van der Waals surface area contributed by atoms with E-state index in [9.17, 15) is 4.79 Å². The van der Waals surface area contributed by atoms with Gasteiger partial charge in [-0.2, -0.15) is 0 Å². The number of amides is 1. The highest BCUT2D eigenvalue weighted by atomic mass is 16.5. The first-order valence-electron chi connectivity index (χ1n) is 7.70. The molecule has 0 saturated heterocycles. The number of ether oxygens (including phenoxy) is 1. The molecule has 0 fully saturated rings. The van der Waals surface area contributed by atoms with Gasteiger partial charge in [0.1, 0.15) is 5.75 Å². The Labute approximate surface area is 127 Å². The summed E-state index contributed by atoms with van der Waals surface area (Å²) < 4.78 is 5.71. The van der Waals surface area contributed by atoms with E-state index in [0.29, 0.717) is 5.92 Å². The van der Waals surface area contributed by atoms with E-state index >= 15 is 0 Å². The zero-order valence-electron chi connectivity index (χ0n) is 13.6. The van der Waals surface area contributed by atoms with Gasteiger partial charge in [0.2, 0.25) is 0 Å². The van der Waals surface area contributed by atoms with Crippen LogP contribution in [0.4, 0.5) is 5.69 Å². The molecule has 0 spiro atoms. The van der Waals surface area contributed by atoms with Gasteiger partial charge in [-0.25, -0.2) is 0 Å². The van der Waals surface area contributed by atoms with E-state index in [4.69, 9.17) is 10.5 Å². The Bertz CT molecular complexity index is 526. The molecule has 1 aliphatic rings. The van der Waals surface area contributed by atoms with E-state index < -0.39 is 6.10 Å². The Kier molecular flexibility index (Phi) is 4.57. The van der Waals surface area contributed by atoms with Crippen LogP contribution in [-0.2, 0) is 4.79 Å². The molecule has 1 aromatic carbocycles. The van der Waals surface area contributed by atoms with Gasteiger partial charge in [0.15, 0.2) is 6.10 Å². The van der Waals surface area contributed by atoms with Crippen molar-refractivity contribution in [2.45, 2.75) is 59.2 Å².